The number of piperazine rings is 1. The van der Waals surface area contributed by atoms with Gasteiger partial charge in [-0.25, -0.2) is 4.98 Å². The van der Waals surface area contributed by atoms with Crippen LogP contribution in [0.4, 0.5) is 0 Å². The van der Waals surface area contributed by atoms with E-state index in [9.17, 15) is 9.59 Å². The first-order valence-electron chi connectivity index (χ1n) is 10.4. The Labute approximate surface area is 189 Å². The van der Waals surface area contributed by atoms with Crippen molar-refractivity contribution in [1.82, 2.24) is 19.2 Å². The summed E-state index contributed by atoms with van der Waals surface area (Å²) >= 11 is 1.44. The number of amides is 2. The number of hydrogen-bond donors (Lipinski definition) is 0. The van der Waals surface area contributed by atoms with Crippen molar-refractivity contribution in [3.8, 4) is 5.75 Å². The Morgan fingerprint density at radius 3 is 2.34 bits per heavy atom. The summed E-state index contributed by atoms with van der Waals surface area (Å²) in [5, 5.41) is 1.90. The van der Waals surface area contributed by atoms with E-state index in [0.29, 0.717) is 44.1 Å². The Balaban J connectivity index is 1.15. The van der Waals surface area contributed by atoms with E-state index in [0.717, 1.165) is 16.2 Å². The second-order valence-electron chi connectivity index (χ2n) is 7.57. The molecule has 0 atom stereocenters. The molecule has 4 heterocycles. The number of pyridine rings is 1. The fourth-order valence-corrected chi connectivity index (χ4v) is 4.45. The predicted molar refractivity (Wildman–Crippen MR) is 122 cm³/mol. The van der Waals surface area contributed by atoms with Crippen LogP contribution in [0.5, 0.6) is 5.75 Å². The molecule has 1 aliphatic rings. The molecule has 0 radical (unpaired) electrons. The standard InChI is InChI=1S/C24H22N4O3S/c29-23(26-11-13-27(14-12-26)24(30)21-4-3-15-32-21)18-6-8-20(9-7-18)31-17-19-16-28-10-2-1-5-22(28)25-19/h1-10,15-16H,11-14,17H2. The Morgan fingerprint density at radius 1 is 0.906 bits per heavy atom. The van der Waals surface area contributed by atoms with E-state index in [1.54, 1.807) is 29.2 Å². The number of fused-ring (bicyclic) bond motifs is 1. The lowest BCUT2D eigenvalue weighted by Crippen LogP contribution is -2.50. The normalized spacial score (nSPS) is 14.0. The van der Waals surface area contributed by atoms with Crippen LogP contribution in [0.15, 0.2) is 72.4 Å². The van der Waals surface area contributed by atoms with Crippen LogP contribution in [-0.2, 0) is 6.61 Å². The SMILES string of the molecule is O=C(c1ccc(OCc2cn3ccccc3n2)cc1)N1CCN(C(=O)c2cccs2)CC1. The smallest absolute Gasteiger partial charge is 0.264 e. The van der Waals surface area contributed by atoms with E-state index in [4.69, 9.17) is 4.74 Å². The molecule has 0 saturated carbocycles. The van der Waals surface area contributed by atoms with Gasteiger partial charge in [0, 0.05) is 44.1 Å². The number of hydrogen-bond acceptors (Lipinski definition) is 5. The first-order chi connectivity index (χ1) is 15.7. The largest absolute Gasteiger partial charge is 0.487 e. The average Bonchev–Trinajstić information content (AvgIpc) is 3.52. The molecule has 4 aromatic rings. The van der Waals surface area contributed by atoms with E-state index < -0.39 is 0 Å². The van der Waals surface area contributed by atoms with Gasteiger partial charge < -0.3 is 18.9 Å². The highest BCUT2D eigenvalue weighted by Crippen LogP contribution is 2.18. The predicted octanol–water partition coefficient (Wildman–Crippen LogP) is 3.57. The van der Waals surface area contributed by atoms with Crippen LogP contribution in [0.1, 0.15) is 25.7 Å². The molecule has 2 amide bonds. The van der Waals surface area contributed by atoms with Crippen LogP contribution in [0, 0.1) is 0 Å². The van der Waals surface area contributed by atoms with Crippen molar-refractivity contribution in [2.24, 2.45) is 0 Å². The summed E-state index contributed by atoms with van der Waals surface area (Å²) in [6.07, 6.45) is 3.89. The van der Waals surface area contributed by atoms with E-state index in [1.165, 1.54) is 11.3 Å². The van der Waals surface area contributed by atoms with Crippen molar-refractivity contribution < 1.29 is 14.3 Å². The van der Waals surface area contributed by atoms with Crippen molar-refractivity contribution in [1.29, 1.82) is 0 Å². The maximum absolute atomic E-state index is 12.9. The zero-order valence-corrected chi connectivity index (χ0v) is 18.2. The molecule has 0 spiro atoms. The van der Waals surface area contributed by atoms with E-state index in [1.807, 2.05) is 57.4 Å². The molecule has 0 unspecified atom stereocenters. The van der Waals surface area contributed by atoms with Crippen LogP contribution in [0.2, 0.25) is 0 Å². The minimum absolute atomic E-state index is 0.0277. The third-order valence-electron chi connectivity index (χ3n) is 5.49. The van der Waals surface area contributed by atoms with Crippen LogP contribution in [0.25, 0.3) is 5.65 Å². The molecule has 162 valence electrons. The lowest BCUT2D eigenvalue weighted by molar-refractivity contribution is 0.0538. The molecule has 3 aromatic heterocycles. The Morgan fingerprint density at radius 2 is 1.66 bits per heavy atom. The zero-order valence-electron chi connectivity index (χ0n) is 17.4. The molecule has 5 rings (SSSR count). The molecular formula is C24H22N4O3S. The van der Waals surface area contributed by atoms with E-state index in [-0.39, 0.29) is 11.8 Å². The first kappa shape index (κ1) is 20.3. The molecule has 1 aliphatic heterocycles. The van der Waals surface area contributed by atoms with Gasteiger partial charge in [0.15, 0.2) is 0 Å². The molecule has 1 fully saturated rings. The van der Waals surface area contributed by atoms with Gasteiger partial charge in [0.1, 0.15) is 18.0 Å². The highest BCUT2D eigenvalue weighted by atomic mass is 32.1. The van der Waals surface area contributed by atoms with Gasteiger partial charge in [0.05, 0.1) is 10.6 Å². The third-order valence-corrected chi connectivity index (χ3v) is 6.35. The summed E-state index contributed by atoms with van der Waals surface area (Å²) in [6.45, 7) is 2.50. The summed E-state index contributed by atoms with van der Waals surface area (Å²) in [6, 6.07) is 16.7. The highest BCUT2D eigenvalue weighted by molar-refractivity contribution is 7.12. The average molecular weight is 447 g/mol. The Bertz CT molecular complexity index is 1190. The topological polar surface area (TPSA) is 67.2 Å². The number of thiophene rings is 1. The molecule has 7 nitrogen and oxygen atoms in total. The maximum atomic E-state index is 12.9. The molecular weight excluding hydrogens is 424 g/mol. The van der Waals surface area contributed by atoms with E-state index >= 15 is 0 Å². The van der Waals surface area contributed by atoms with Gasteiger partial charge in [-0.1, -0.05) is 12.1 Å². The van der Waals surface area contributed by atoms with Gasteiger partial charge >= 0.3 is 0 Å². The Hall–Kier alpha value is -3.65. The van der Waals surface area contributed by atoms with Crippen molar-refractivity contribution in [3.63, 3.8) is 0 Å². The summed E-state index contributed by atoms with van der Waals surface area (Å²) in [7, 11) is 0. The maximum Gasteiger partial charge on any atom is 0.264 e. The zero-order chi connectivity index (χ0) is 21.9. The second kappa shape index (κ2) is 8.84. The van der Waals surface area contributed by atoms with Crippen LogP contribution in [0.3, 0.4) is 0 Å². The fourth-order valence-electron chi connectivity index (χ4n) is 3.76. The fraction of sp³-hybridized carbons (Fsp3) is 0.208. The number of ether oxygens (including phenoxy) is 1. The molecule has 32 heavy (non-hydrogen) atoms. The number of benzene rings is 1. The van der Waals surface area contributed by atoms with Crippen molar-refractivity contribution in [2.75, 3.05) is 26.2 Å². The molecule has 0 aliphatic carbocycles. The summed E-state index contributed by atoms with van der Waals surface area (Å²) < 4.78 is 7.79. The minimum atomic E-state index is -0.0277. The lowest BCUT2D eigenvalue weighted by atomic mass is 10.1. The summed E-state index contributed by atoms with van der Waals surface area (Å²) in [5.41, 5.74) is 2.33. The van der Waals surface area contributed by atoms with Gasteiger partial charge in [0.25, 0.3) is 11.8 Å². The van der Waals surface area contributed by atoms with Crippen molar-refractivity contribution >= 4 is 28.8 Å². The number of nitrogens with zero attached hydrogens (tertiary/aromatic N) is 4. The minimum Gasteiger partial charge on any atom is -0.487 e. The molecule has 1 aromatic carbocycles. The van der Waals surface area contributed by atoms with Gasteiger partial charge in [-0.2, -0.15) is 0 Å². The number of rotatable bonds is 5. The number of carbonyl (C=O) groups excluding carboxylic acids is 2. The quantitative estimate of drug-likeness (QED) is 0.470. The van der Waals surface area contributed by atoms with Gasteiger partial charge in [-0.3, -0.25) is 9.59 Å². The van der Waals surface area contributed by atoms with Crippen LogP contribution < -0.4 is 4.74 Å². The van der Waals surface area contributed by atoms with Crippen molar-refractivity contribution in [3.05, 3.63) is 88.5 Å². The molecule has 8 heteroatoms. The molecule has 0 bridgehead atoms. The van der Waals surface area contributed by atoms with E-state index in [2.05, 4.69) is 4.98 Å². The van der Waals surface area contributed by atoms with Crippen LogP contribution in [-0.4, -0.2) is 57.2 Å². The van der Waals surface area contributed by atoms with Gasteiger partial charge in [0.2, 0.25) is 0 Å². The first-order valence-corrected chi connectivity index (χ1v) is 11.3. The van der Waals surface area contributed by atoms with Crippen LogP contribution >= 0.6 is 11.3 Å². The van der Waals surface area contributed by atoms with Gasteiger partial charge in [-0.05, 0) is 47.8 Å². The Kier molecular flexibility index (Phi) is 5.60. The third kappa shape index (κ3) is 4.22. The monoisotopic (exact) mass is 446 g/mol. The lowest BCUT2D eigenvalue weighted by Gasteiger charge is -2.34. The second-order valence-corrected chi connectivity index (χ2v) is 8.52. The number of aromatic nitrogens is 2. The van der Waals surface area contributed by atoms with Crippen molar-refractivity contribution in [2.45, 2.75) is 6.61 Å². The summed E-state index contributed by atoms with van der Waals surface area (Å²) in [4.78, 5) is 34.2. The summed E-state index contributed by atoms with van der Waals surface area (Å²) in [5.74, 6) is 0.698. The molecule has 0 N–H and O–H groups in total. The molecule has 1 saturated heterocycles. The highest BCUT2D eigenvalue weighted by Gasteiger charge is 2.25. The number of imidazole rings is 1. The van der Waals surface area contributed by atoms with Gasteiger partial charge in [-0.15, -0.1) is 11.3 Å². The number of carbonyl (C=O) groups is 2.